The number of ether oxygens (including phenoxy) is 2. The van der Waals surface area contributed by atoms with Gasteiger partial charge >= 0.3 is 0 Å². The van der Waals surface area contributed by atoms with Crippen LogP contribution in [0.15, 0.2) is 0 Å². The molecule has 0 radical (unpaired) electrons. The Bertz CT molecular complexity index is 276. The lowest BCUT2D eigenvalue weighted by atomic mass is 10.1. The van der Waals surface area contributed by atoms with E-state index < -0.39 is 0 Å². The molecule has 1 saturated heterocycles. The number of rotatable bonds is 9. The molecule has 2 atom stereocenters. The second kappa shape index (κ2) is 10.1. The van der Waals surface area contributed by atoms with E-state index in [1.54, 1.807) is 7.11 Å². The van der Waals surface area contributed by atoms with Crippen LogP contribution in [-0.4, -0.2) is 69.5 Å². The van der Waals surface area contributed by atoms with E-state index in [0.717, 1.165) is 25.8 Å². The van der Waals surface area contributed by atoms with Crippen molar-refractivity contribution in [3.05, 3.63) is 0 Å². The van der Waals surface area contributed by atoms with Crippen LogP contribution >= 0.6 is 0 Å². The van der Waals surface area contributed by atoms with Crippen LogP contribution in [-0.2, 0) is 14.3 Å². The van der Waals surface area contributed by atoms with E-state index >= 15 is 0 Å². The van der Waals surface area contributed by atoms with E-state index in [1.807, 2.05) is 6.92 Å². The minimum atomic E-state index is -0.215. The molecule has 0 saturated carbocycles. The summed E-state index contributed by atoms with van der Waals surface area (Å²) < 4.78 is 10.8. The summed E-state index contributed by atoms with van der Waals surface area (Å²) in [5.41, 5.74) is 5.60. The van der Waals surface area contributed by atoms with Gasteiger partial charge in [-0.05, 0) is 25.8 Å². The highest BCUT2D eigenvalue weighted by Crippen LogP contribution is 2.16. The number of nitrogens with two attached hydrogens (primary N) is 1. The molecule has 0 spiro atoms. The van der Waals surface area contributed by atoms with Gasteiger partial charge < -0.3 is 20.5 Å². The van der Waals surface area contributed by atoms with Gasteiger partial charge in [-0.25, -0.2) is 0 Å². The van der Waals surface area contributed by atoms with E-state index in [1.165, 1.54) is 0 Å². The predicted molar refractivity (Wildman–Crippen MR) is 78.6 cm³/mol. The van der Waals surface area contributed by atoms with E-state index in [2.05, 4.69) is 10.2 Å². The molecule has 1 aliphatic rings. The smallest absolute Gasteiger partial charge is 0.239 e. The van der Waals surface area contributed by atoms with Crippen molar-refractivity contribution in [3.8, 4) is 0 Å². The summed E-state index contributed by atoms with van der Waals surface area (Å²) in [5.74, 6) is 0.0559. The molecule has 1 aliphatic heterocycles. The molecule has 2 unspecified atom stereocenters. The lowest BCUT2D eigenvalue weighted by Crippen LogP contribution is -2.58. The second-order valence-electron chi connectivity index (χ2n) is 5.16. The molecule has 118 valence electrons. The number of hydrogen-bond acceptors (Lipinski definition) is 5. The molecule has 6 nitrogen and oxygen atoms in total. The Morgan fingerprint density at radius 3 is 3.05 bits per heavy atom. The van der Waals surface area contributed by atoms with Crippen LogP contribution in [0.25, 0.3) is 0 Å². The molecule has 1 rings (SSSR count). The predicted octanol–water partition coefficient (Wildman–Crippen LogP) is -0.0327. The van der Waals surface area contributed by atoms with Gasteiger partial charge in [0, 0.05) is 26.2 Å². The Morgan fingerprint density at radius 2 is 2.40 bits per heavy atom. The number of amides is 1. The molecule has 20 heavy (non-hydrogen) atoms. The Hall–Kier alpha value is -0.690. The van der Waals surface area contributed by atoms with Crippen LogP contribution < -0.4 is 11.1 Å². The number of carbonyl (C=O) groups excluding carboxylic acids is 1. The summed E-state index contributed by atoms with van der Waals surface area (Å²) in [5, 5.41) is 2.96. The first-order valence-corrected chi connectivity index (χ1v) is 7.54. The summed E-state index contributed by atoms with van der Waals surface area (Å²) in [6.07, 6.45) is 2.82. The molecular formula is C14H29N3O3. The van der Waals surface area contributed by atoms with E-state index in [0.29, 0.717) is 32.9 Å². The first kappa shape index (κ1) is 17.4. The van der Waals surface area contributed by atoms with Crippen molar-refractivity contribution in [2.24, 2.45) is 5.73 Å². The molecule has 1 fully saturated rings. The topological polar surface area (TPSA) is 76.8 Å². The zero-order valence-corrected chi connectivity index (χ0v) is 12.8. The van der Waals surface area contributed by atoms with Gasteiger partial charge in [0.15, 0.2) is 0 Å². The van der Waals surface area contributed by atoms with Crippen LogP contribution in [0.5, 0.6) is 0 Å². The highest BCUT2D eigenvalue weighted by atomic mass is 16.5. The number of carbonyl (C=O) groups is 1. The number of hydrogen-bond donors (Lipinski definition) is 2. The summed E-state index contributed by atoms with van der Waals surface area (Å²) >= 11 is 0. The maximum atomic E-state index is 12.3. The summed E-state index contributed by atoms with van der Waals surface area (Å²) in [6.45, 7) is 5.93. The van der Waals surface area contributed by atoms with E-state index in [9.17, 15) is 4.79 Å². The first-order chi connectivity index (χ1) is 9.74. The third kappa shape index (κ3) is 5.36. The fraction of sp³-hybridized carbons (Fsp3) is 0.929. The molecular weight excluding hydrogens is 258 g/mol. The van der Waals surface area contributed by atoms with Gasteiger partial charge in [-0.3, -0.25) is 9.69 Å². The molecule has 0 aromatic carbocycles. The molecule has 0 bridgehead atoms. The lowest BCUT2D eigenvalue weighted by molar-refractivity contribution is -0.135. The van der Waals surface area contributed by atoms with Crippen LogP contribution in [0.4, 0.5) is 0 Å². The third-order valence-corrected chi connectivity index (χ3v) is 3.59. The lowest BCUT2D eigenvalue weighted by Gasteiger charge is -2.40. The molecule has 0 aliphatic carbocycles. The average Bonchev–Trinajstić information content (AvgIpc) is 2.49. The summed E-state index contributed by atoms with van der Waals surface area (Å²) in [4.78, 5) is 14.5. The second-order valence-corrected chi connectivity index (χ2v) is 5.16. The zero-order valence-electron chi connectivity index (χ0n) is 12.8. The number of morpholine rings is 1. The van der Waals surface area contributed by atoms with Crippen molar-refractivity contribution in [2.75, 3.05) is 46.6 Å². The average molecular weight is 287 g/mol. The van der Waals surface area contributed by atoms with Gasteiger partial charge in [0.1, 0.15) is 6.04 Å². The van der Waals surface area contributed by atoms with Gasteiger partial charge in [-0.2, -0.15) is 0 Å². The minimum absolute atomic E-state index is 0.0559. The zero-order chi connectivity index (χ0) is 14.8. The molecule has 1 amide bonds. The van der Waals surface area contributed by atoms with Gasteiger partial charge in [0.25, 0.3) is 0 Å². The largest absolute Gasteiger partial charge is 0.383 e. The maximum absolute atomic E-state index is 12.3. The summed E-state index contributed by atoms with van der Waals surface area (Å²) in [6, 6.07) is 0.0121. The van der Waals surface area contributed by atoms with Crippen molar-refractivity contribution in [2.45, 2.75) is 38.3 Å². The maximum Gasteiger partial charge on any atom is 0.239 e. The Morgan fingerprint density at radius 1 is 1.60 bits per heavy atom. The SMILES string of the molecule is CCCNC(=O)C1COCCN1C(CCCN)COC. The summed E-state index contributed by atoms with van der Waals surface area (Å²) in [7, 11) is 1.70. The number of methoxy groups -OCH3 is 1. The fourth-order valence-corrected chi connectivity index (χ4v) is 2.54. The van der Waals surface area contributed by atoms with Gasteiger partial charge in [0.05, 0.1) is 19.8 Å². The Labute approximate surface area is 122 Å². The molecule has 0 aromatic heterocycles. The third-order valence-electron chi connectivity index (χ3n) is 3.59. The van der Waals surface area contributed by atoms with Crippen LogP contribution in [0.2, 0.25) is 0 Å². The van der Waals surface area contributed by atoms with Gasteiger partial charge in [-0.15, -0.1) is 0 Å². The van der Waals surface area contributed by atoms with Crippen molar-refractivity contribution in [1.29, 1.82) is 0 Å². The monoisotopic (exact) mass is 287 g/mol. The van der Waals surface area contributed by atoms with Crippen LogP contribution in [0, 0.1) is 0 Å². The standard InChI is InChI=1S/C14H29N3O3/c1-3-7-16-14(18)13-11-20-9-8-17(13)12(10-19-2)5-4-6-15/h12-13H,3-11,15H2,1-2H3,(H,16,18). The molecule has 3 N–H and O–H groups in total. The van der Waals surface area contributed by atoms with E-state index in [-0.39, 0.29) is 18.0 Å². The highest BCUT2D eigenvalue weighted by molar-refractivity contribution is 5.82. The van der Waals surface area contributed by atoms with Crippen molar-refractivity contribution < 1.29 is 14.3 Å². The molecule has 0 aromatic rings. The van der Waals surface area contributed by atoms with Crippen molar-refractivity contribution in [3.63, 3.8) is 0 Å². The number of nitrogens with zero attached hydrogens (tertiary/aromatic N) is 1. The van der Waals surface area contributed by atoms with Crippen molar-refractivity contribution >= 4 is 5.91 Å². The Balaban J connectivity index is 2.65. The van der Waals surface area contributed by atoms with Gasteiger partial charge in [0.2, 0.25) is 5.91 Å². The fourth-order valence-electron chi connectivity index (χ4n) is 2.54. The highest BCUT2D eigenvalue weighted by Gasteiger charge is 2.33. The molecule has 1 heterocycles. The van der Waals surface area contributed by atoms with Crippen LogP contribution in [0.3, 0.4) is 0 Å². The number of nitrogens with one attached hydrogen (secondary N) is 1. The normalized spacial score (nSPS) is 21.6. The quantitative estimate of drug-likeness (QED) is 0.622. The van der Waals surface area contributed by atoms with Crippen molar-refractivity contribution in [1.82, 2.24) is 10.2 Å². The van der Waals surface area contributed by atoms with E-state index in [4.69, 9.17) is 15.2 Å². The first-order valence-electron chi connectivity index (χ1n) is 7.54. The molecule has 6 heteroatoms. The minimum Gasteiger partial charge on any atom is -0.383 e. The Kier molecular flexibility index (Phi) is 8.77. The van der Waals surface area contributed by atoms with Gasteiger partial charge in [-0.1, -0.05) is 6.92 Å². The van der Waals surface area contributed by atoms with Crippen LogP contribution in [0.1, 0.15) is 26.2 Å².